The van der Waals surface area contributed by atoms with Gasteiger partial charge in [0.2, 0.25) is 0 Å². The summed E-state index contributed by atoms with van der Waals surface area (Å²) in [5.74, 6) is 0.169. The summed E-state index contributed by atoms with van der Waals surface area (Å²) in [6.45, 7) is 7.87. The van der Waals surface area contributed by atoms with Gasteiger partial charge in [-0.1, -0.05) is 48.5 Å². The number of aliphatic hydroxyl groups is 2. The van der Waals surface area contributed by atoms with Gasteiger partial charge in [-0.3, -0.25) is 9.59 Å². The van der Waals surface area contributed by atoms with Crippen molar-refractivity contribution < 1.29 is 29.3 Å². The second kappa shape index (κ2) is 6.43. The van der Waals surface area contributed by atoms with E-state index in [2.05, 4.69) is 0 Å². The highest BCUT2D eigenvalue weighted by Crippen LogP contribution is 2.96. The number of carbonyl (C=O) groups is 2. The average Bonchev–Trinajstić information content (AvgIpc) is 3.83. The van der Waals surface area contributed by atoms with Gasteiger partial charge in [0.05, 0.1) is 23.0 Å². The van der Waals surface area contributed by atoms with Crippen LogP contribution in [0, 0.1) is 33.5 Å². The SMILES string of the molecule is CC1(C)O[C@@]23[C@@H](C(=O)c4ccccc4[C@@]12O)C1(CC1)C31CC1.CC1(C)O[C@@]23[C@@H](C(=O)c4ccccc4[C@@]12O)C1(CC1)C31CC1. The molecule has 2 aliphatic heterocycles. The van der Waals surface area contributed by atoms with Crippen LogP contribution in [0.15, 0.2) is 48.5 Å². The summed E-state index contributed by atoms with van der Waals surface area (Å²) < 4.78 is 12.9. The topological polar surface area (TPSA) is 93.1 Å². The zero-order valence-corrected chi connectivity index (χ0v) is 26.0. The van der Waals surface area contributed by atoms with Crippen molar-refractivity contribution in [3.05, 3.63) is 70.8 Å². The lowest BCUT2D eigenvalue weighted by molar-refractivity contribution is -0.483. The Labute approximate surface area is 257 Å². The van der Waals surface area contributed by atoms with Gasteiger partial charge in [-0.2, -0.15) is 0 Å². The highest BCUT2D eigenvalue weighted by molar-refractivity contribution is 6.06. The molecule has 44 heavy (non-hydrogen) atoms. The van der Waals surface area contributed by atoms with Crippen LogP contribution in [0.5, 0.6) is 0 Å². The number of ketones is 2. The van der Waals surface area contributed by atoms with Gasteiger partial charge in [0.25, 0.3) is 0 Å². The third kappa shape index (κ3) is 1.92. The smallest absolute Gasteiger partial charge is 0.169 e. The quantitative estimate of drug-likeness (QED) is 0.413. The number of benzene rings is 2. The van der Waals surface area contributed by atoms with E-state index in [1.54, 1.807) is 0 Å². The molecule has 8 fully saturated rings. The van der Waals surface area contributed by atoms with Gasteiger partial charge in [-0.25, -0.2) is 0 Å². The summed E-state index contributed by atoms with van der Waals surface area (Å²) in [7, 11) is 0. The number of Topliss-reactive ketones (excluding diaryl/α,β-unsaturated/α-hetero) is 2. The molecule has 12 rings (SSSR count). The molecule has 0 unspecified atom stereocenters. The highest BCUT2D eigenvalue weighted by Gasteiger charge is 3.01. The minimum absolute atomic E-state index is 0.0676. The predicted octanol–water partition coefficient (Wildman–Crippen LogP) is 5.62. The molecular formula is C38H40O6. The van der Waals surface area contributed by atoms with E-state index < -0.39 is 33.6 Å². The Hall–Kier alpha value is -2.38. The lowest BCUT2D eigenvalue weighted by Gasteiger charge is -2.80. The maximum atomic E-state index is 13.2. The molecule has 2 saturated heterocycles. The van der Waals surface area contributed by atoms with Crippen LogP contribution in [-0.2, 0) is 20.7 Å². The summed E-state index contributed by atoms with van der Waals surface area (Å²) in [6.07, 6.45) is 8.96. The number of fused-ring (bicyclic) bond motifs is 8. The lowest BCUT2D eigenvalue weighted by atomic mass is 9.34. The van der Waals surface area contributed by atoms with Crippen molar-refractivity contribution >= 4 is 11.6 Å². The molecule has 6 saturated carbocycles. The highest BCUT2D eigenvalue weighted by atomic mass is 16.6. The summed E-state index contributed by atoms with van der Waals surface area (Å²) >= 11 is 0. The molecule has 0 amide bonds. The zero-order valence-electron chi connectivity index (χ0n) is 26.0. The van der Waals surface area contributed by atoms with Gasteiger partial charge in [-0.05, 0) is 89.9 Å². The third-order valence-corrected chi connectivity index (χ3v) is 15.7. The monoisotopic (exact) mass is 592 g/mol. The maximum absolute atomic E-state index is 13.2. The van der Waals surface area contributed by atoms with E-state index in [0.29, 0.717) is 0 Å². The van der Waals surface area contributed by atoms with E-state index in [9.17, 15) is 19.8 Å². The molecule has 6 nitrogen and oxygen atoms in total. The minimum atomic E-state index is -1.03. The molecular weight excluding hydrogens is 552 g/mol. The maximum Gasteiger partial charge on any atom is 0.169 e. The summed E-state index contributed by atoms with van der Waals surface area (Å²) in [6, 6.07) is 15.3. The number of hydrogen-bond donors (Lipinski definition) is 2. The van der Waals surface area contributed by atoms with Crippen molar-refractivity contribution in [3.8, 4) is 0 Å². The van der Waals surface area contributed by atoms with Gasteiger partial charge in [0.15, 0.2) is 11.6 Å². The van der Waals surface area contributed by atoms with E-state index >= 15 is 0 Å². The first-order chi connectivity index (χ1) is 20.8. The lowest BCUT2D eigenvalue weighted by Crippen LogP contribution is -2.92. The minimum Gasteiger partial charge on any atom is -0.379 e. The summed E-state index contributed by atoms with van der Waals surface area (Å²) in [5, 5.41) is 23.7. The number of ether oxygens (including phenoxy) is 2. The van der Waals surface area contributed by atoms with E-state index in [4.69, 9.17) is 9.47 Å². The fourth-order valence-corrected chi connectivity index (χ4v) is 13.8. The Kier molecular flexibility index (Phi) is 3.76. The van der Waals surface area contributed by atoms with E-state index in [0.717, 1.165) is 73.6 Å². The molecule has 10 aliphatic rings. The third-order valence-electron chi connectivity index (χ3n) is 15.7. The largest absolute Gasteiger partial charge is 0.379 e. The van der Waals surface area contributed by atoms with Crippen molar-refractivity contribution in [2.45, 2.75) is 113 Å². The van der Waals surface area contributed by atoms with Crippen molar-refractivity contribution in [1.29, 1.82) is 0 Å². The molecule has 6 spiro atoms. The molecule has 2 aromatic carbocycles. The Morgan fingerprint density at radius 2 is 0.909 bits per heavy atom. The first-order valence-electron chi connectivity index (χ1n) is 16.9. The predicted molar refractivity (Wildman–Crippen MR) is 159 cm³/mol. The number of rotatable bonds is 0. The van der Waals surface area contributed by atoms with Crippen LogP contribution < -0.4 is 0 Å². The van der Waals surface area contributed by atoms with Gasteiger partial charge in [-0.15, -0.1) is 0 Å². The van der Waals surface area contributed by atoms with Gasteiger partial charge < -0.3 is 19.7 Å². The summed E-state index contributed by atoms with van der Waals surface area (Å²) in [4.78, 5) is 26.4. The van der Waals surface area contributed by atoms with Crippen LogP contribution in [0.3, 0.4) is 0 Å². The Balaban J connectivity index is 0.000000110. The molecule has 228 valence electrons. The second-order valence-corrected chi connectivity index (χ2v) is 17.3. The molecule has 0 aromatic heterocycles. The number of hydrogen-bond acceptors (Lipinski definition) is 6. The molecule has 2 aromatic rings. The molecule has 0 bridgehead atoms. The Morgan fingerprint density at radius 3 is 1.20 bits per heavy atom. The molecule has 8 aliphatic carbocycles. The van der Waals surface area contributed by atoms with Crippen LogP contribution in [0.4, 0.5) is 0 Å². The van der Waals surface area contributed by atoms with Crippen LogP contribution in [0.2, 0.25) is 0 Å². The second-order valence-electron chi connectivity index (χ2n) is 17.3. The van der Waals surface area contributed by atoms with E-state index in [-0.39, 0.29) is 45.1 Å². The fourth-order valence-electron chi connectivity index (χ4n) is 13.8. The van der Waals surface area contributed by atoms with Crippen molar-refractivity contribution in [3.63, 3.8) is 0 Å². The normalized spacial score (nSPS) is 46.1. The molecule has 6 heteroatoms. The Morgan fingerprint density at radius 1 is 0.568 bits per heavy atom. The van der Waals surface area contributed by atoms with Gasteiger partial charge >= 0.3 is 0 Å². The fraction of sp³-hybridized carbons (Fsp3) is 0.632. The first kappa shape index (κ1) is 25.8. The van der Waals surface area contributed by atoms with Crippen LogP contribution in [-0.4, -0.2) is 44.2 Å². The Bertz CT molecular complexity index is 1670. The molecule has 0 radical (unpaired) electrons. The van der Waals surface area contributed by atoms with Crippen LogP contribution >= 0.6 is 0 Å². The summed E-state index contributed by atoms with van der Waals surface area (Å²) in [5.41, 5.74) is -1.14. The molecule has 6 atom stereocenters. The van der Waals surface area contributed by atoms with Gasteiger partial charge in [0.1, 0.15) is 22.4 Å². The molecule has 2 N–H and O–H groups in total. The first-order valence-corrected chi connectivity index (χ1v) is 16.9. The van der Waals surface area contributed by atoms with Crippen molar-refractivity contribution in [2.24, 2.45) is 33.5 Å². The van der Waals surface area contributed by atoms with E-state index in [1.807, 2.05) is 76.2 Å². The zero-order chi connectivity index (χ0) is 30.3. The standard InChI is InChI=1S/2C19H20O3/c2*1-15(2)18(21)12-6-4-3-5-11(12)13(20)14-16(7-8-16)17(9-10-17)19(14,18)22-15/h2*3-6,14,21H,7-10H2,1-2H3/t2*14-,18+,19+/m00/s1. The molecule has 2 heterocycles. The van der Waals surface area contributed by atoms with Crippen molar-refractivity contribution in [1.82, 2.24) is 0 Å². The van der Waals surface area contributed by atoms with Crippen molar-refractivity contribution in [2.75, 3.05) is 0 Å². The number of carbonyl (C=O) groups excluding carboxylic acids is 2. The van der Waals surface area contributed by atoms with Gasteiger partial charge in [0, 0.05) is 33.1 Å². The van der Waals surface area contributed by atoms with Crippen LogP contribution in [0.25, 0.3) is 0 Å². The average molecular weight is 593 g/mol. The van der Waals surface area contributed by atoms with E-state index in [1.165, 1.54) is 0 Å². The van der Waals surface area contributed by atoms with Crippen LogP contribution in [0.1, 0.15) is 111 Å².